The molecule has 2 heterocycles. The highest BCUT2D eigenvalue weighted by Crippen LogP contribution is 2.31. The van der Waals surface area contributed by atoms with Gasteiger partial charge in [-0.05, 0) is 42.5 Å². The number of benzene rings is 1. The van der Waals surface area contributed by atoms with Crippen molar-refractivity contribution in [3.63, 3.8) is 0 Å². The Morgan fingerprint density at radius 1 is 1.21 bits per heavy atom. The molecule has 1 N–H and O–H groups in total. The van der Waals surface area contributed by atoms with Crippen molar-refractivity contribution in [3.05, 3.63) is 30.0 Å². The Hall–Kier alpha value is -2.39. The topological polar surface area (TPSA) is 95.6 Å². The van der Waals surface area contributed by atoms with Crippen molar-refractivity contribution in [2.75, 3.05) is 34.3 Å². The molecule has 3 rings (SSSR count). The highest BCUT2D eigenvalue weighted by molar-refractivity contribution is 7.89. The molecule has 158 valence electrons. The van der Waals surface area contributed by atoms with E-state index in [1.807, 2.05) is 4.90 Å². The molecule has 1 amide bonds. The number of rotatable bonds is 5. The van der Waals surface area contributed by atoms with E-state index in [4.69, 9.17) is 4.74 Å². The fourth-order valence-electron chi connectivity index (χ4n) is 3.81. The molecule has 1 aromatic heterocycles. The van der Waals surface area contributed by atoms with Crippen molar-refractivity contribution in [2.45, 2.75) is 25.2 Å². The van der Waals surface area contributed by atoms with Gasteiger partial charge in [-0.2, -0.15) is 5.10 Å². The summed E-state index contributed by atoms with van der Waals surface area (Å²) in [5.41, 5.74) is 1.49. The maximum absolute atomic E-state index is 12.9. The molecule has 0 saturated carbocycles. The van der Waals surface area contributed by atoms with Crippen molar-refractivity contribution in [3.8, 4) is 17.0 Å². The minimum atomic E-state index is -3.69. The van der Waals surface area contributed by atoms with E-state index >= 15 is 0 Å². The van der Waals surface area contributed by atoms with Crippen LogP contribution in [0.25, 0.3) is 11.3 Å². The van der Waals surface area contributed by atoms with Crippen LogP contribution in [0.5, 0.6) is 5.75 Å². The summed E-state index contributed by atoms with van der Waals surface area (Å²) in [5.74, 6) is 1.10. The van der Waals surface area contributed by atoms with Crippen LogP contribution in [0.4, 0.5) is 0 Å². The molecule has 0 unspecified atom stereocenters. The average Bonchev–Trinajstić information content (AvgIpc) is 3.16. The van der Waals surface area contributed by atoms with E-state index in [1.165, 1.54) is 27.3 Å². The number of aromatic nitrogens is 2. The van der Waals surface area contributed by atoms with Crippen LogP contribution in [0.3, 0.4) is 0 Å². The van der Waals surface area contributed by atoms with E-state index in [-0.39, 0.29) is 16.6 Å². The number of ether oxygens (including phenoxy) is 1. The zero-order valence-corrected chi connectivity index (χ0v) is 18.3. The second-order valence-electron chi connectivity index (χ2n) is 7.98. The Balaban J connectivity index is 1.92. The number of piperidine rings is 1. The van der Waals surface area contributed by atoms with Crippen LogP contribution in [0.2, 0.25) is 0 Å². The van der Waals surface area contributed by atoms with Crippen LogP contribution in [0, 0.1) is 11.8 Å². The largest absolute Gasteiger partial charge is 0.495 e. The van der Waals surface area contributed by atoms with Gasteiger partial charge in [-0.15, -0.1) is 0 Å². The molecule has 0 aliphatic carbocycles. The molecule has 1 saturated heterocycles. The Bertz CT molecular complexity index is 990. The number of hydrogen-bond donors (Lipinski definition) is 1. The van der Waals surface area contributed by atoms with Gasteiger partial charge in [0, 0.05) is 32.7 Å². The number of methoxy groups -OCH3 is 1. The van der Waals surface area contributed by atoms with E-state index in [1.54, 1.807) is 18.2 Å². The number of carbonyl (C=O) groups excluding carboxylic acids is 1. The van der Waals surface area contributed by atoms with Gasteiger partial charge >= 0.3 is 0 Å². The number of hydrogen-bond acceptors (Lipinski definition) is 5. The Labute approximate surface area is 171 Å². The molecule has 29 heavy (non-hydrogen) atoms. The van der Waals surface area contributed by atoms with Gasteiger partial charge in [0.25, 0.3) is 5.91 Å². The third kappa shape index (κ3) is 4.30. The lowest BCUT2D eigenvalue weighted by Crippen LogP contribution is -2.42. The van der Waals surface area contributed by atoms with E-state index in [2.05, 4.69) is 24.0 Å². The molecule has 1 aliphatic rings. The maximum atomic E-state index is 12.9. The van der Waals surface area contributed by atoms with Crippen molar-refractivity contribution >= 4 is 15.9 Å². The van der Waals surface area contributed by atoms with E-state index < -0.39 is 10.0 Å². The number of amides is 1. The van der Waals surface area contributed by atoms with E-state index in [0.717, 1.165) is 23.8 Å². The molecule has 0 spiro atoms. The summed E-state index contributed by atoms with van der Waals surface area (Å²) in [6.07, 6.45) is 1.12. The smallest absolute Gasteiger partial charge is 0.271 e. The average molecular weight is 421 g/mol. The van der Waals surface area contributed by atoms with Gasteiger partial charge in [-0.3, -0.25) is 9.89 Å². The number of carbonyl (C=O) groups is 1. The first-order valence-corrected chi connectivity index (χ1v) is 11.0. The monoisotopic (exact) mass is 420 g/mol. The number of sulfonamides is 1. The lowest BCUT2D eigenvalue weighted by atomic mass is 9.92. The van der Waals surface area contributed by atoms with Crippen molar-refractivity contribution in [2.24, 2.45) is 11.8 Å². The number of H-pyrrole nitrogens is 1. The van der Waals surface area contributed by atoms with Gasteiger partial charge in [-0.25, -0.2) is 12.7 Å². The standard InChI is InChI=1S/C20H28N4O4S/c1-13-8-14(2)12-24(11-13)20(25)17-10-16(21-22-17)15-6-7-18(28-5)19(9-15)29(26,27)23(3)4/h6-7,9-10,13-14H,8,11-12H2,1-5H3,(H,21,22)/t13-,14-/m1/s1. The van der Waals surface area contributed by atoms with Gasteiger partial charge in [0.15, 0.2) is 0 Å². The summed E-state index contributed by atoms with van der Waals surface area (Å²) < 4.78 is 31.6. The van der Waals surface area contributed by atoms with Crippen LogP contribution < -0.4 is 4.74 Å². The highest BCUT2D eigenvalue weighted by atomic mass is 32.2. The summed E-state index contributed by atoms with van der Waals surface area (Å²) in [6, 6.07) is 6.50. The molecule has 2 atom stereocenters. The molecule has 8 nitrogen and oxygen atoms in total. The van der Waals surface area contributed by atoms with E-state index in [9.17, 15) is 13.2 Å². The van der Waals surface area contributed by atoms with Gasteiger partial charge in [0.1, 0.15) is 16.3 Å². The molecule has 1 fully saturated rings. The Morgan fingerprint density at radius 3 is 2.45 bits per heavy atom. The zero-order valence-electron chi connectivity index (χ0n) is 17.5. The third-order valence-corrected chi connectivity index (χ3v) is 7.02. The van der Waals surface area contributed by atoms with Crippen molar-refractivity contribution in [1.29, 1.82) is 0 Å². The SMILES string of the molecule is COc1ccc(-c2cc(C(=O)N3C[C@H](C)C[C@@H](C)C3)[nH]n2)cc1S(=O)(=O)N(C)C. The van der Waals surface area contributed by atoms with Gasteiger partial charge < -0.3 is 9.64 Å². The Kier molecular flexibility index (Phi) is 6.00. The van der Waals surface area contributed by atoms with E-state index in [0.29, 0.717) is 28.8 Å². The van der Waals surface area contributed by atoms with Crippen LogP contribution in [0.15, 0.2) is 29.2 Å². The van der Waals surface area contributed by atoms with Gasteiger partial charge in [0.2, 0.25) is 10.0 Å². The predicted octanol–water partition coefficient (Wildman–Crippen LogP) is 2.45. The van der Waals surface area contributed by atoms with Crippen molar-refractivity contribution < 1.29 is 17.9 Å². The van der Waals surface area contributed by atoms with Crippen molar-refractivity contribution in [1.82, 2.24) is 19.4 Å². The van der Waals surface area contributed by atoms with Crippen LogP contribution in [-0.2, 0) is 10.0 Å². The number of aromatic amines is 1. The van der Waals surface area contributed by atoms with Crippen LogP contribution in [-0.4, -0.2) is 68.0 Å². The summed E-state index contributed by atoms with van der Waals surface area (Å²) in [6.45, 7) is 5.76. The second kappa shape index (κ2) is 8.16. The van der Waals surface area contributed by atoms with Crippen LogP contribution >= 0.6 is 0 Å². The fourth-order valence-corrected chi connectivity index (χ4v) is 4.89. The molecule has 0 bridgehead atoms. The molecule has 1 aliphatic heterocycles. The summed E-state index contributed by atoms with van der Waals surface area (Å²) in [4.78, 5) is 14.8. The lowest BCUT2D eigenvalue weighted by Gasteiger charge is -2.34. The minimum Gasteiger partial charge on any atom is -0.495 e. The first kappa shape index (κ1) is 21.3. The maximum Gasteiger partial charge on any atom is 0.271 e. The zero-order chi connectivity index (χ0) is 21.3. The van der Waals surface area contributed by atoms with Gasteiger partial charge in [0.05, 0.1) is 12.8 Å². The number of nitrogens with zero attached hydrogens (tertiary/aromatic N) is 3. The molecule has 1 aromatic carbocycles. The third-order valence-electron chi connectivity index (χ3n) is 5.18. The first-order chi connectivity index (χ1) is 13.6. The predicted molar refractivity (Wildman–Crippen MR) is 110 cm³/mol. The second-order valence-corrected chi connectivity index (χ2v) is 10.1. The molecular formula is C20H28N4O4S. The molecule has 9 heteroatoms. The lowest BCUT2D eigenvalue weighted by molar-refractivity contribution is 0.0617. The Morgan fingerprint density at radius 2 is 1.86 bits per heavy atom. The normalized spacial score (nSPS) is 20.1. The van der Waals surface area contributed by atoms with Gasteiger partial charge in [-0.1, -0.05) is 13.8 Å². The highest BCUT2D eigenvalue weighted by Gasteiger charge is 2.28. The van der Waals surface area contributed by atoms with Crippen LogP contribution in [0.1, 0.15) is 30.8 Å². The molecular weight excluding hydrogens is 392 g/mol. The summed E-state index contributed by atoms with van der Waals surface area (Å²) >= 11 is 0. The molecule has 0 radical (unpaired) electrons. The first-order valence-electron chi connectivity index (χ1n) is 9.59. The number of likely N-dealkylation sites (tertiary alicyclic amines) is 1. The minimum absolute atomic E-state index is 0.0528. The number of nitrogens with one attached hydrogen (secondary N) is 1. The summed E-state index contributed by atoms with van der Waals surface area (Å²) in [5, 5.41) is 7.05. The fraction of sp³-hybridized carbons (Fsp3) is 0.500. The summed E-state index contributed by atoms with van der Waals surface area (Å²) in [7, 11) is 0.664. The molecule has 2 aromatic rings. The quantitative estimate of drug-likeness (QED) is 0.802.